The van der Waals surface area contributed by atoms with Gasteiger partial charge in [-0.3, -0.25) is 0 Å². The van der Waals surface area contributed by atoms with Gasteiger partial charge in [-0.25, -0.2) is 0 Å². The van der Waals surface area contributed by atoms with E-state index in [4.69, 9.17) is 5.26 Å². The molecule has 0 amide bonds. The number of hydrogen-bond donors (Lipinski definition) is 1. The van der Waals surface area contributed by atoms with E-state index in [1.807, 2.05) is 30.7 Å². The van der Waals surface area contributed by atoms with E-state index >= 15 is 0 Å². The van der Waals surface area contributed by atoms with Crippen LogP contribution in [0.2, 0.25) is 0 Å². The number of nitriles is 1. The third kappa shape index (κ3) is 2.48. The summed E-state index contributed by atoms with van der Waals surface area (Å²) in [6, 6.07) is 4.39. The Kier molecular flexibility index (Phi) is 3.70. The van der Waals surface area contributed by atoms with Gasteiger partial charge in [0.1, 0.15) is 11.8 Å². The molecule has 1 heterocycles. The zero-order valence-electron chi connectivity index (χ0n) is 9.54. The number of rotatable bonds is 4. The van der Waals surface area contributed by atoms with Gasteiger partial charge in [-0.2, -0.15) is 5.26 Å². The van der Waals surface area contributed by atoms with Crippen LogP contribution >= 0.6 is 0 Å². The van der Waals surface area contributed by atoms with Gasteiger partial charge in [-0.15, -0.1) is 6.58 Å². The molecule has 0 aromatic carbocycles. The maximum absolute atomic E-state index is 8.87. The Morgan fingerprint density at radius 2 is 2.40 bits per heavy atom. The lowest BCUT2D eigenvalue weighted by atomic mass is 10.2. The van der Waals surface area contributed by atoms with Crippen molar-refractivity contribution in [1.29, 1.82) is 5.26 Å². The molecular formula is C12H17N3. The number of aromatic nitrogens is 1. The molecule has 1 aromatic rings. The minimum atomic E-state index is 0.287. The standard InChI is InChI=1S/C12H17N3/c1-5-9(2)14-8-11-6-12(7-13)15(4)10(11)3/h5-6,9,14H,1,8H2,2-4H3. The van der Waals surface area contributed by atoms with E-state index in [9.17, 15) is 0 Å². The number of nitrogens with zero attached hydrogens (tertiary/aromatic N) is 2. The molecule has 15 heavy (non-hydrogen) atoms. The van der Waals surface area contributed by atoms with E-state index < -0.39 is 0 Å². The second kappa shape index (κ2) is 4.81. The summed E-state index contributed by atoms with van der Waals surface area (Å²) in [4.78, 5) is 0. The summed E-state index contributed by atoms with van der Waals surface area (Å²) in [7, 11) is 1.91. The van der Waals surface area contributed by atoms with Gasteiger partial charge in [-0.1, -0.05) is 6.08 Å². The summed E-state index contributed by atoms with van der Waals surface area (Å²) in [5, 5.41) is 12.2. The minimum Gasteiger partial charge on any atom is -0.340 e. The molecule has 0 saturated heterocycles. The van der Waals surface area contributed by atoms with Gasteiger partial charge >= 0.3 is 0 Å². The lowest BCUT2D eigenvalue weighted by Gasteiger charge is -2.08. The molecule has 0 radical (unpaired) electrons. The quantitative estimate of drug-likeness (QED) is 0.759. The van der Waals surface area contributed by atoms with E-state index in [-0.39, 0.29) is 6.04 Å². The normalized spacial score (nSPS) is 12.1. The predicted molar refractivity (Wildman–Crippen MR) is 61.4 cm³/mol. The summed E-state index contributed by atoms with van der Waals surface area (Å²) < 4.78 is 1.91. The van der Waals surface area contributed by atoms with Crippen LogP contribution in [0.25, 0.3) is 0 Å². The fraction of sp³-hybridized carbons (Fsp3) is 0.417. The monoisotopic (exact) mass is 203 g/mol. The van der Waals surface area contributed by atoms with Crippen LogP contribution < -0.4 is 5.32 Å². The Labute approximate surface area is 91.0 Å². The molecule has 3 nitrogen and oxygen atoms in total. The first kappa shape index (κ1) is 11.5. The topological polar surface area (TPSA) is 40.8 Å². The molecule has 0 aliphatic rings. The van der Waals surface area contributed by atoms with Crippen molar-refractivity contribution in [3.05, 3.63) is 35.7 Å². The Balaban J connectivity index is 2.79. The largest absolute Gasteiger partial charge is 0.340 e. The highest BCUT2D eigenvalue weighted by Gasteiger charge is 2.08. The number of hydrogen-bond acceptors (Lipinski definition) is 2. The summed E-state index contributed by atoms with van der Waals surface area (Å²) in [6.45, 7) is 8.56. The summed E-state index contributed by atoms with van der Waals surface area (Å²) in [5.74, 6) is 0. The Morgan fingerprint density at radius 1 is 1.73 bits per heavy atom. The molecule has 0 aliphatic heterocycles. The lowest BCUT2D eigenvalue weighted by molar-refractivity contribution is 0.631. The molecule has 0 saturated carbocycles. The molecule has 0 aliphatic carbocycles. The van der Waals surface area contributed by atoms with E-state index in [1.54, 1.807) is 0 Å². The Hall–Kier alpha value is -1.53. The van der Waals surface area contributed by atoms with Gasteiger partial charge in [-0.05, 0) is 25.5 Å². The first-order valence-electron chi connectivity index (χ1n) is 5.01. The minimum absolute atomic E-state index is 0.287. The zero-order chi connectivity index (χ0) is 11.4. The highest BCUT2D eigenvalue weighted by Crippen LogP contribution is 2.13. The smallest absolute Gasteiger partial charge is 0.120 e. The Bertz CT molecular complexity index is 396. The second-order valence-electron chi connectivity index (χ2n) is 3.72. The van der Waals surface area contributed by atoms with Crippen LogP contribution in [-0.4, -0.2) is 10.6 Å². The van der Waals surface area contributed by atoms with Crippen molar-refractivity contribution >= 4 is 0 Å². The average molecular weight is 203 g/mol. The predicted octanol–water partition coefficient (Wildman–Crippen LogP) is 1.87. The number of nitrogens with one attached hydrogen (secondary N) is 1. The van der Waals surface area contributed by atoms with Crippen molar-refractivity contribution in [2.75, 3.05) is 0 Å². The molecule has 80 valence electrons. The van der Waals surface area contributed by atoms with Crippen LogP contribution in [-0.2, 0) is 13.6 Å². The third-order valence-electron chi connectivity index (χ3n) is 2.72. The highest BCUT2D eigenvalue weighted by molar-refractivity contribution is 5.34. The van der Waals surface area contributed by atoms with Crippen molar-refractivity contribution in [2.45, 2.75) is 26.4 Å². The molecule has 0 fully saturated rings. The SMILES string of the molecule is C=CC(C)NCc1cc(C#N)n(C)c1C. The van der Waals surface area contributed by atoms with E-state index in [0.717, 1.165) is 12.2 Å². The van der Waals surface area contributed by atoms with Gasteiger partial charge in [0.15, 0.2) is 0 Å². The summed E-state index contributed by atoms with van der Waals surface area (Å²) in [5.41, 5.74) is 3.01. The zero-order valence-corrected chi connectivity index (χ0v) is 9.54. The maximum Gasteiger partial charge on any atom is 0.120 e. The first-order valence-corrected chi connectivity index (χ1v) is 5.01. The first-order chi connectivity index (χ1) is 7.10. The van der Waals surface area contributed by atoms with Gasteiger partial charge in [0.25, 0.3) is 0 Å². The van der Waals surface area contributed by atoms with Crippen LogP contribution in [0.15, 0.2) is 18.7 Å². The molecule has 1 unspecified atom stereocenters. The van der Waals surface area contributed by atoms with Crippen molar-refractivity contribution in [3.63, 3.8) is 0 Å². The van der Waals surface area contributed by atoms with Crippen molar-refractivity contribution in [1.82, 2.24) is 9.88 Å². The fourth-order valence-electron chi connectivity index (χ4n) is 1.40. The molecule has 3 heteroatoms. The van der Waals surface area contributed by atoms with E-state index in [0.29, 0.717) is 5.69 Å². The molecule has 1 rings (SSSR count). The summed E-state index contributed by atoms with van der Waals surface area (Å²) in [6.07, 6.45) is 1.86. The molecule has 1 aromatic heterocycles. The van der Waals surface area contributed by atoms with Crippen LogP contribution in [0.4, 0.5) is 0 Å². The van der Waals surface area contributed by atoms with Crippen molar-refractivity contribution in [2.24, 2.45) is 7.05 Å². The van der Waals surface area contributed by atoms with E-state index in [1.165, 1.54) is 5.56 Å². The molecule has 0 bridgehead atoms. The van der Waals surface area contributed by atoms with Crippen molar-refractivity contribution < 1.29 is 0 Å². The second-order valence-corrected chi connectivity index (χ2v) is 3.72. The third-order valence-corrected chi connectivity index (χ3v) is 2.72. The molecule has 1 N–H and O–H groups in total. The Morgan fingerprint density at radius 3 is 2.87 bits per heavy atom. The van der Waals surface area contributed by atoms with Crippen molar-refractivity contribution in [3.8, 4) is 6.07 Å². The lowest BCUT2D eigenvalue weighted by Crippen LogP contribution is -2.23. The van der Waals surface area contributed by atoms with Gasteiger partial charge < -0.3 is 9.88 Å². The average Bonchev–Trinajstić information content (AvgIpc) is 2.52. The van der Waals surface area contributed by atoms with Gasteiger partial charge in [0.05, 0.1) is 0 Å². The van der Waals surface area contributed by atoms with Crippen LogP contribution in [0, 0.1) is 18.3 Å². The van der Waals surface area contributed by atoms with Gasteiger partial charge in [0, 0.05) is 25.3 Å². The summed E-state index contributed by atoms with van der Waals surface area (Å²) >= 11 is 0. The fourth-order valence-corrected chi connectivity index (χ4v) is 1.40. The van der Waals surface area contributed by atoms with E-state index in [2.05, 4.69) is 24.9 Å². The van der Waals surface area contributed by atoms with Crippen LogP contribution in [0.3, 0.4) is 0 Å². The maximum atomic E-state index is 8.87. The van der Waals surface area contributed by atoms with Crippen LogP contribution in [0.5, 0.6) is 0 Å². The van der Waals surface area contributed by atoms with Gasteiger partial charge in [0.2, 0.25) is 0 Å². The van der Waals surface area contributed by atoms with Crippen LogP contribution in [0.1, 0.15) is 23.9 Å². The molecular weight excluding hydrogens is 186 g/mol. The molecule has 0 spiro atoms. The molecule has 1 atom stereocenters. The highest BCUT2D eigenvalue weighted by atomic mass is 15.0.